The zero-order valence-corrected chi connectivity index (χ0v) is 14.8. The Labute approximate surface area is 153 Å². The SMILES string of the molecule is COc1ccc([N+](=O)[O-])cc1NCC(=O)NC(=O)NCCc1cccs1. The molecule has 3 amide bonds. The molecule has 26 heavy (non-hydrogen) atoms. The van der Waals surface area contributed by atoms with Gasteiger partial charge < -0.3 is 15.4 Å². The van der Waals surface area contributed by atoms with E-state index in [4.69, 9.17) is 4.74 Å². The lowest BCUT2D eigenvalue weighted by Crippen LogP contribution is -2.42. The Morgan fingerprint density at radius 1 is 1.31 bits per heavy atom. The summed E-state index contributed by atoms with van der Waals surface area (Å²) in [6, 6.07) is 7.27. The fourth-order valence-corrected chi connectivity index (χ4v) is 2.80. The van der Waals surface area contributed by atoms with Gasteiger partial charge in [0.2, 0.25) is 5.91 Å². The van der Waals surface area contributed by atoms with Crippen LogP contribution in [0.4, 0.5) is 16.2 Å². The lowest BCUT2D eigenvalue weighted by molar-refractivity contribution is -0.384. The van der Waals surface area contributed by atoms with Crippen LogP contribution in [0.15, 0.2) is 35.7 Å². The van der Waals surface area contributed by atoms with Gasteiger partial charge in [0.25, 0.3) is 5.69 Å². The highest BCUT2D eigenvalue weighted by molar-refractivity contribution is 7.09. The van der Waals surface area contributed by atoms with Crippen LogP contribution in [0.2, 0.25) is 0 Å². The number of nitro groups is 1. The normalized spacial score (nSPS) is 10.0. The number of non-ortho nitro benzene ring substituents is 1. The number of nitrogens with one attached hydrogen (secondary N) is 3. The van der Waals surface area contributed by atoms with Gasteiger partial charge in [0.1, 0.15) is 5.75 Å². The maximum absolute atomic E-state index is 11.8. The summed E-state index contributed by atoms with van der Waals surface area (Å²) in [5, 5.41) is 20.3. The number of hydrogen-bond donors (Lipinski definition) is 3. The van der Waals surface area contributed by atoms with E-state index < -0.39 is 16.9 Å². The fourth-order valence-electron chi connectivity index (χ4n) is 2.09. The van der Waals surface area contributed by atoms with E-state index in [9.17, 15) is 19.7 Å². The lowest BCUT2D eigenvalue weighted by atomic mass is 10.2. The largest absolute Gasteiger partial charge is 0.495 e. The molecule has 2 rings (SSSR count). The molecule has 3 N–H and O–H groups in total. The summed E-state index contributed by atoms with van der Waals surface area (Å²) < 4.78 is 5.09. The summed E-state index contributed by atoms with van der Waals surface area (Å²) in [5.41, 5.74) is 0.148. The minimum atomic E-state index is -0.598. The quantitative estimate of drug-likeness (QED) is 0.478. The first-order valence-electron chi connectivity index (χ1n) is 7.66. The molecule has 9 nitrogen and oxygen atoms in total. The van der Waals surface area contributed by atoms with Gasteiger partial charge in [0.05, 0.1) is 24.3 Å². The number of amides is 3. The van der Waals surface area contributed by atoms with Crippen LogP contribution >= 0.6 is 11.3 Å². The van der Waals surface area contributed by atoms with Crippen molar-refractivity contribution in [1.29, 1.82) is 0 Å². The van der Waals surface area contributed by atoms with Crippen LogP contribution < -0.4 is 20.7 Å². The molecule has 0 aliphatic carbocycles. The number of methoxy groups -OCH3 is 1. The van der Waals surface area contributed by atoms with Crippen LogP contribution in [0.25, 0.3) is 0 Å². The fraction of sp³-hybridized carbons (Fsp3) is 0.250. The Morgan fingerprint density at radius 2 is 2.12 bits per heavy atom. The maximum Gasteiger partial charge on any atom is 0.321 e. The predicted molar refractivity (Wildman–Crippen MR) is 97.7 cm³/mol. The molecule has 0 radical (unpaired) electrons. The second-order valence-corrected chi connectivity index (χ2v) is 6.16. The van der Waals surface area contributed by atoms with Crippen LogP contribution in [-0.2, 0) is 11.2 Å². The highest BCUT2D eigenvalue weighted by atomic mass is 32.1. The minimum absolute atomic E-state index is 0.139. The predicted octanol–water partition coefficient (Wildman–Crippen LogP) is 2.15. The monoisotopic (exact) mass is 378 g/mol. The van der Waals surface area contributed by atoms with E-state index in [1.54, 1.807) is 11.3 Å². The number of carbonyl (C=O) groups excluding carboxylic acids is 2. The molecule has 1 aromatic carbocycles. The van der Waals surface area contributed by atoms with Gasteiger partial charge in [-0.1, -0.05) is 6.07 Å². The van der Waals surface area contributed by atoms with Crippen LogP contribution in [0.3, 0.4) is 0 Å². The van der Waals surface area contributed by atoms with Gasteiger partial charge in [0.15, 0.2) is 0 Å². The third-order valence-electron chi connectivity index (χ3n) is 3.32. The minimum Gasteiger partial charge on any atom is -0.495 e. The first-order valence-corrected chi connectivity index (χ1v) is 8.54. The van der Waals surface area contributed by atoms with E-state index in [2.05, 4.69) is 16.0 Å². The maximum atomic E-state index is 11.8. The molecular formula is C16H18N4O5S. The Morgan fingerprint density at radius 3 is 2.77 bits per heavy atom. The number of thiophene rings is 1. The van der Waals surface area contributed by atoms with Crippen molar-refractivity contribution in [2.24, 2.45) is 0 Å². The van der Waals surface area contributed by atoms with E-state index in [0.717, 1.165) is 4.88 Å². The number of anilines is 1. The van der Waals surface area contributed by atoms with E-state index in [1.807, 2.05) is 17.5 Å². The molecule has 0 atom stereocenters. The second kappa shape index (κ2) is 9.37. The molecule has 0 spiro atoms. The summed E-state index contributed by atoms with van der Waals surface area (Å²) in [6.07, 6.45) is 0.683. The first-order chi connectivity index (χ1) is 12.5. The van der Waals surface area contributed by atoms with Crippen molar-refractivity contribution >= 4 is 34.6 Å². The average molecular weight is 378 g/mol. The van der Waals surface area contributed by atoms with Crippen molar-refractivity contribution in [3.63, 3.8) is 0 Å². The summed E-state index contributed by atoms with van der Waals surface area (Å²) >= 11 is 1.59. The van der Waals surface area contributed by atoms with Crippen molar-refractivity contribution in [2.45, 2.75) is 6.42 Å². The first kappa shape index (κ1) is 19.2. The molecule has 2 aromatic rings. The number of carbonyl (C=O) groups is 2. The number of hydrogen-bond acceptors (Lipinski definition) is 7. The molecule has 0 bridgehead atoms. The highest BCUT2D eigenvalue weighted by Gasteiger charge is 2.13. The van der Waals surface area contributed by atoms with E-state index in [1.165, 1.54) is 25.3 Å². The van der Waals surface area contributed by atoms with Gasteiger partial charge >= 0.3 is 6.03 Å². The van der Waals surface area contributed by atoms with E-state index in [-0.39, 0.29) is 17.9 Å². The lowest BCUT2D eigenvalue weighted by Gasteiger charge is -2.11. The van der Waals surface area contributed by atoms with Crippen LogP contribution in [0, 0.1) is 10.1 Å². The van der Waals surface area contributed by atoms with Crippen molar-refractivity contribution < 1.29 is 19.2 Å². The van der Waals surface area contributed by atoms with Crippen LogP contribution in [0.5, 0.6) is 5.75 Å². The Kier molecular flexibility index (Phi) is 6.92. The van der Waals surface area contributed by atoms with Gasteiger partial charge in [-0.15, -0.1) is 11.3 Å². The molecule has 0 fully saturated rings. The summed E-state index contributed by atoms with van der Waals surface area (Å²) in [7, 11) is 1.41. The number of rotatable bonds is 8. The molecule has 138 valence electrons. The Bertz CT molecular complexity index is 779. The van der Waals surface area contributed by atoms with E-state index >= 15 is 0 Å². The molecule has 1 heterocycles. The Hall–Kier alpha value is -3.14. The molecular weight excluding hydrogens is 360 g/mol. The van der Waals surface area contributed by atoms with Gasteiger partial charge in [-0.05, 0) is 23.9 Å². The molecule has 0 saturated heterocycles. The number of ether oxygens (including phenoxy) is 1. The van der Waals surface area contributed by atoms with Crippen molar-refractivity contribution in [2.75, 3.05) is 25.5 Å². The molecule has 1 aromatic heterocycles. The number of nitrogens with zero attached hydrogens (tertiary/aromatic N) is 1. The van der Waals surface area contributed by atoms with E-state index in [0.29, 0.717) is 18.7 Å². The summed E-state index contributed by atoms with van der Waals surface area (Å²) in [5.74, 6) is -0.226. The number of nitro benzene ring substituents is 1. The van der Waals surface area contributed by atoms with Gasteiger partial charge in [-0.3, -0.25) is 20.2 Å². The highest BCUT2D eigenvalue weighted by Crippen LogP contribution is 2.28. The van der Waals surface area contributed by atoms with Crippen molar-refractivity contribution in [1.82, 2.24) is 10.6 Å². The summed E-state index contributed by atoms with van der Waals surface area (Å²) in [6.45, 7) is 0.168. The third kappa shape index (κ3) is 5.74. The number of urea groups is 1. The molecule has 0 aliphatic rings. The van der Waals surface area contributed by atoms with Gasteiger partial charge in [-0.2, -0.15) is 0 Å². The third-order valence-corrected chi connectivity index (χ3v) is 4.26. The molecule has 10 heteroatoms. The zero-order valence-electron chi connectivity index (χ0n) is 14.0. The zero-order chi connectivity index (χ0) is 18.9. The van der Waals surface area contributed by atoms with Gasteiger partial charge in [-0.25, -0.2) is 4.79 Å². The second-order valence-electron chi connectivity index (χ2n) is 5.13. The molecule has 0 unspecified atom stereocenters. The topological polar surface area (TPSA) is 123 Å². The number of benzene rings is 1. The molecule has 0 saturated carbocycles. The standard InChI is InChI=1S/C16H18N4O5S/c1-25-14-5-4-11(20(23)24)9-13(14)18-10-15(21)19-16(22)17-7-6-12-3-2-8-26-12/h2-5,8-9,18H,6-7,10H2,1H3,(H2,17,19,21,22). The number of imide groups is 1. The molecule has 0 aliphatic heterocycles. The smallest absolute Gasteiger partial charge is 0.321 e. The van der Waals surface area contributed by atoms with Gasteiger partial charge in [0, 0.05) is 23.6 Å². The van der Waals surface area contributed by atoms with Crippen LogP contribution in [-0.4, -0.2) is 37.1 Å². The average Bonchev–Trinajstić information content (AvgIpc) is 3.13. The van der Waals surface area contributed by atoms with Crippen molar-refractivity contribution in [3.8, 4) is 5.75 Å². The van der Waals surface area contributed by atoms with Crippen molar-refractivity contribution in [3.05, 3.63) is 50.7 Å². The Balaban J connectivity index is 1.79. The van der Waals surface area contributed by atoms with Crippen LogP contribution in [0.1, 0.15) is 4.88 Å². The summed E-state index contributed by atoms with van der Waals surface area (Å²) in [4.78, 5) is 34.9.